The smallest absolute Gasteiger partial charge is 0.302 e. The van der Waals surface area contributed by atoms with Crippen molar-refractivity contribution in [3.8, 4) is 0 Å². The summed E-state index contributed by atoms with van der Waals surface area (Å²) in [6.45, 7) is 4.43. The number of ether oxygens (including phenoxy) is 1. The van der Waals surface area contributed by atoms with Crippen LogP contribution in [0, 0.1) is 11.8 Å². The fourth-order valence-electron chi connectivity index (χ4n) is 3.12. The van der Waals surface area contributed by atoms with Crippen molar-refractivity contribution in [3.63, 3.8) is 0 Å². The highest BCUT2D eigenvalue weighted by atomic mass is 16.5. The predicted octanol–water partition coefficient (Wildman–Crippen LogP) is 4.72. The zero-order valence-electron chi connectivity index (χ0n) is 12.2. The Morgan fingerprint density at radius 3 is 2.50 bits per heavy atom. The molecule has 0 bridgehead atoms. The Hall–Kier alpha value is -0.530. The van der Waals surface area contributed by atoms with Gasteiger partial charge in [0.05, 0.1) is 6.61 Å². The van der Waals surface area contributed by atoms with Gasteiger partial charge in [-0.15, -0.1) is 0 Å². The second-order valence-corrected chi connectivity index (χ2v) is 5.81. The molecule has 2 nitrogen and oxygen atoms in total. The molecule has 0 aromatic rings. The number of unbranched alkanes of at least 4 members (excludes halogenated alkanes) is 3. The summed E-state index contributed by atoms with van der Waals surface area (Å²) in [7, 11) is 0. The summed E-state index contributed by atoms with van der Waals surface area (Å²) in [6, 6.07) is 0. The van der Waals surface area contributed by atoms with Crippen molar-refractivity contribution in [1.82, 2.24) is 0 Å². The molecule has 1 unspecified atom stereocenters. The molecular weight excluding hydrogens is 224 g/mol. The lowest BCUT2D eigenvalue weighted by Gasteiger charge is -2.30. The molecule has 0 radical (unpaired) electrons. The molecule has 1 rings (SSSR count). The highest BCUT2D eigenvalue weighted by Gasteiger charge is 2.24. The first-order valence-electron chi connectivity index (χ1n) is 7.87. The maximum absolute atomic E-state index is 11.0. The van der Waals surface area contributed by atoms with Gasteiger partial charge < -0.3 is 4.74 Å². The van der Waals surface area contributed by atoms with Gasteiger partial charge in [-0.05, 0) is 18.3 Å². The van der Waals surface area contributed by atoms with Crippen molar-refractivity contribution in [3.05, 3.63) is 0 Å². The Labute approximate surface area is 112 Å². The summed E-state index contributed by atoms with van der Waals surface area (Å²) in [4.78, 5) is 11.0. The van der Waals surface area contributed by atoms with E-state index in [4.69, 9.17) is 4.74 Å². The van der Waals surface area contributed by atoms with Crippen molar-refractivity contribution >= 4 is 5.97 Å². The lowest BCUT2D eigenvalue weighted by molar-refractivity contribution is -0.143. The van der Waals surface area contributed by atoms with Crippen molar-refractivity contribution < 1.29 is 9.53 Å². The fraction of sp³-hybridized carbons (Fsp3) is 0.938. The van der Waals surface area contributed by atoms with E-state index >= 15 is 0 Å². The Bertz CT molecular complexity index is 219. The normalized spacial score (nSPS) is 18.6. The van der Waals surface area contributed by atoms with Gasteiger partial charge in [-0.2, -0.15) is 0 Å². The molecule has 0 saturated heterocycles. The van der Waals surface area contributed by atoms with E-state index in [2.05, 4.69) is 6.92 Å². The van der Waals surface area contributed by atoms with Gasteiger partial charge in [0.25, 0.3) is 0 Å². The van der Waals surface area contributed by atoms with Gasteiger partial charge in [-0.25, -0.2) is 0 Å². The van der Waals surface area contributed by atoms with Crippen LogP contribution in [0.1, 0.15) is 78.1 Å². The van der Waals surface area contributed by atoms with Crippen LogP contribution in [0.25, 0.3) is 0 Å². The van der Waals surface area contributed by atoms with E-state index < -0.39 is 0 Å². The lowest BCUT2D eigenvalue weighted by atomic mass is 9.78. The summed E-state index contributed by atoms with van der Waals surface area (Å²) < 4.78 is 5.28. The topological polar surface area (TPSA) is 26.3 Å². The van der Waals surface area contributed by atoms with Crippen LogP contribution in [0.5, 0.6) is 0 Å². The third-order valence-corrected chi connectivity index (χ3v) is 4.25. The summed E-state index contributed by atoms with van der Waals surface area (Å²) in [6.07, 6.45) is 13.3. The number of hydrogen-bond acceptors (Lipinski definition) is 2. The first-order chi connectivity index (χ1) is 8.74. The van der Waals surface area contributed by atoms with Gasteiger partial charge in [0, 0.05) is 6.92 Å². The summed E-state index contributed by atoms with van der Waals surface area (Å²) >= 11 is 0. The molecule has 1 aliphatic carbocycles. The molecule has 0 aliphatic heterocycles. The fourth-order valence-corrected chi connectivity index (χ4v) is 3.12. The largest absolute Gasteiger partial charge is 0.466 e. The van der Waals surface area contributed by atoms with Crippen LogP contribution in [0.3, 0.4) is 0 Å². The van der Waals surface area contributed by atoms with Crippen LogP contribution in [0.2, 0.25) is 0 Å². The molecule has 1 fully saturated rings. The van der Waals surface area contributed by atoms with Gasteiger partial charge in [-0.1, -0.05) is 64.7 Å². The molecule has 0 spiro atoms. The highest BCUT2D eigenvalue weighted by molar-refractivity contribution is 5.65. The molecule has 0 aromatic carbocycles. The first kappa shape index (κ1) is 15.5. The van der Waals surface area contributed by atoms with Crippen molar-refractivity contribution in [2.24, 2.45) is 11.8 Å². The number of hydrogen-bond donors (Lipinski definition) is 0. The van der Waals surface area contributed by atoms with Gasteiger partial charge in [0.2, 0.25) is 0 Å². The van der Waals surface area contributed by atoms with E-state index in [1.54, 1.807) is 0 Å². The van der Waals surface area contributed by atoms with Gasteiger partial charge in [0.1, 0.15) is 0 Å². The quantitative estimate of drug-likeness (QED) is 0.463. The molecule has 0 heterocycles. The predicted molar refractivity (Wildman–Crippen MR) is 75.5 cm³/mol. The van der Waals surface area contributed by atoms with Crippen LogP contribution >= 0.6 is 0 Å². The van der Waals surface area contributed by atoms with E-state index in [0.29, 0.717) is 12.5 Å². The van der Waals surface area contributed by atoms with E-state index in [0.717, 1.165) is 5.92 Å². The SMILES string of the molecule is CCCCCCC(COC(C)=O)C1CCCCC1. The van der Waals surface area contributed by atoms with Crippen LogP contribution in [-0.2, 0) is 9.53 Å². The molecule has 0 aromatic heterocycles. The minimum absolute atomic E-state index is 0.121. The molecule has 0 N–H and O–H groups in total. The Kier molecular flexibility index (Phi) is 8.11. The standard InChI is InChI=1S/C16H30O2/c1-3-4-5-7-12-16(13-18-14(2)17)15-10-8-6-9-11-15/h15-16H,3-13H2,1-2H3. The van der Waals surface area contributed by atoms with E-state index in [1.165, 1.54) is 71.1 Å². The molecular formula is C16H30O2. The average molecular weight is 254 g/mol. The van der Waals surface area contributed by atoms with Crippen LogP contribution in [0.15, 0.2) is 0 Å². The molecule has 0 amide bonds. The first-order valence-corrected chi connectivity index (χ1v) is 7.87. The van der Waals surface area contributed by atoms with Crippen LogP contribution in [0.4, 0.5) is 0 Å². The second-order valence-electron chi connectivity index (χ2n) is 5.81. The van der Waals surface area contributed by atoms with Crippen molar-refractivity contribution in [2.75, 3.05) is 6.61 Å². The highest BCUT2D eigenvalue weighted by Crippen LogP contribution is 2.33. The Balaban J connectivity index is 2.32. The third kappa shape index (κ3) is 6.42. The average Bonchev–Trinajstić information content (AvgIpc) is 2.38. The molecule has 1 saturated carbocycles. The lowest BCUT2D eigenvalue weighted by Crippen LogP contribution is -2.23. The molecule has 106 valence electrons. The number of carbonyl (C=O) groups is 1. The van der Waals surface area contributed by atoms with Crippen molar-refractivity contribution in [1.29, 1.82) is 0 Å². The summed E-state index contributed by atoms with van der Waals surface area (Å²) in [5.41, 5.74) is 0. The number of carbonyl (C=O) groups excluding carboxylic acids is 1. The monoisotopic (exact) mass is 254 g/mol. The number of rotatable bonds is 8. The van der Waals surface area contributed by atoms with E-state index in [9.17, 15) is 4.79 Å². The van der Waals surface area contributed by atoms with Gasteiger partial charge >= 0.3 is 5.97 Å². The van der Waals surface area contributed by atoms with Gasteiger partial charge in [0.15, 0.2) is 0 Å². The van der Waals surface area contributed by atoms with E-state index in [-0.39, 0.29) is 5.97 Å². The molecule has 1 aliphatic rings. The zero-order valence-corrected chi connectivity index (χ0v) is 12.2. The minimum Gasteiger partial charge on any atom is -0.466 e. The minimum atomic E-state index is -0.121. The Morgan fingerprint density at radius 1 is 1.17 bits per heavy atom. The van der Waals surface area contributed by atoms with Crippen LogP contribution in [-0.4, -0.2) is 12.6 Å². The summed E-state index contributed by atoms with van der Waals surface area (Å²) in [5, 5.41) is 0. The maximum atomic E-state index is 11.0. The molecule has 1 atom stereocenters. The van der Waals surface area contributed by atoms with Crippen LogP contribution < -0.4 is 0 Å². The molecule has 2 heteroatoms. The summed E-state index contributed by atoms with van der Waals surface area (Å²) in [5.74, 6) is 1.30. The zero-order chi connectivity index (χ0) is 13.2. The third-order valence-electron chi connectivity index (χ3n) is 4.25. The van der Waals surface area contributed by atoms with Gasteiger partial charge in [-0.3, -0.25) is 4.79 Å². The number of esters is 1. The Morgan fingerprint density at radius 2 is 1.89 bits per heavy atom. The second kappa shape index (κ2) is 9.41. The van der Waals surface area contributed by atoms with E-state index in [1.807, 2.05) is 0 Å². The maximum Gasteiger partial charge on any atom is 0.302 e. The molecule has 18 heavy (non-hydrogen) atoms. The van der Waals surface area contributed by atoms with Crippen molar-refractivity contribution in [2.45, 2.75) is 78.1 Å².